The molecule has 3 N–H and O–H groups in total. The Balaban J connectivity index is 2.19. The van der Waals surface area contributed by atoms with Crippen LogP contribution in [0.25, 0.3) is 0 Å². The number of likely N-dealkylation sites (N-methyl/N-ethyl adjacent to an activating group) is 2. The van der Waals surface area contributed by atoms with Crippen molar-refractivity contribution in [1.82, 2.24) is 20.4 Å². The van der Waals surface area contributed by atoms with E-state index in [1.54, 1.807) is 33.1 Å². The molecule has 3 amide bonds. The van der Waals surface area contributed by atoms with E-state index in [2.05, 4.69) is 46.7 Å². The number of nitrogens with zero attached hydrogens (tertiary/aromatic N) is 2. The molecule has 1 fully saturated rings. The van der Waals surface area contributed by atoms with Crippen LogP contribution in [0.15, 0.2) is 24.3 Å². The van der Waals surface area contributed by atoms with Gasteiger partial charge in [0.25, 0.3) is 0 Å². The molecule has 10 nitrogen and oxygen atoms in total. The smallest absolute Gasteiger partial charge is 0.240 e. The first kappa shape index (κ1) is 42.1. The van der Waals surface area contributed by atoms with Gasteiger partial charge in [0.2, 0.25) is 17.7 Å². The monoisotopic (exact) mass is 692 g/mol. The van der Waals surface area contributed by atoms with Crippen LogP contribution < -0.4 is 10.6 Å². The van der Waals surface area contributed by atoms with Gasteiger partial charge in [-0.05, 0) is 61.9 Å². The van der Waals surface area contributed by atoms with E-state index < -0.39 is 30.3 Å². The SMILES string of the molecule is CC[C@H](C)[C@@H]([C@@H](CC(=O)N1CCC[C@H]1[C@H](OC)[C@@H](C)C(=O)N[C@H](C)[C@@H](O)c1cccc(C(C)CP)c1)OC)N(C)C(=O)[C@@H](NC)C(C)C. The predicted octanol–water partition coefficient (Wildman–Crippen LogP) is 4.37. The quantitative estimate of drug-likeness (QED) is 0.184. The molecule has 1 aromatic carbocycles. The minimum Gasteiger partial charge on any atom is -0.386 e. The van der Waals surface area contributed by atoms with Crippen LogP contribution in [-0.4, -0.2) is 110 Å². The van der Waals surface area contributed by atoms with E-state index in [1.165, 1.54) is 0 Å². The summed E-state index contributed by atoms with van der Waals surface area (Å²) in [6.07, 6.45) is 1.44. The van der Waals surface area contributed by atoms with Gasteiger partial charge >= 0.3 is 0 Å². The highest BCUT2D eigenvalue weighted by Gasteiger charge is 2.42. The number of carbonyl (C=O) groups excluding carboxylic acids is 3. The van der Waals surface area contributed by atoms with Crippen LogP contribution in [-0.2, 0) is 23.9 Å². The summed E-state index contributed by atoms with van der Waals surface area (Å²) >= 11 is 0. The van der Waals surface area contributed by atoms with E-state index in [9.17, 15) is 19.5 Å². The molecule has 1 aromatic rings. The normalized spacial score (nSPS) is 20.7. The van der Waals surface area contributed by atoms with Gasteiger partial charge in [0.05, 0.1) is 54.8 Å². The number of amides is 3. The van der Waals surface area contributed by atoms with Gasteiger partial charge in [0.15, 0.2) is 0 Å². The molecule has 1 saturated heterocycles. The van der Waals surface area contributed by atoms with Crippen LogP contribution >= 0.6 is 9.24 Å². The molecular formula is C37H65N4O6P. The molecule has 1 aliphatic heterocycles. The van der Waals surface area contributed by atoms with Gasteiger partial charge in [-0.2, -0.15) is 0 Å². The molecule has 48 heavy (non-hydrogen) atoms. The Hall–Kier alpha value is -2.10. The summed E-state index contributed by atoms with van der Waals surface area (Å²) in [5.74, 6) is -0.371. The fraction of sp³-hybridized carbons (Fsp3) is 0.757. The van der Waals surface area contributed by atoms with Crippen LogP contribution in [0.4, 0.5) is 0 Å². The highest BCUT2D eigenvalue weighted by atomic mass is 31.0. The number of rotatable bonds is 19. The summed E-state index contributed by atoms with van der Waals surface area (Å²) in [6, 6.07) is 6.41. The number of ether oxygens (including phenoxy) is 2. The van der Waals surface area contributed by atoms with Crippen LogP contribution in [0.1, 0.15) is 97.3 Å². The second-order valence-corrected chi connectivity index (χ2v) is 14.6. The predicted molar refractivity (Wildman–Crippen MR) is 196 cm³/mol. The Morgan fingerprint density at radius 1 is 1.08 bits per heavy atom. The number of hydrogen-bond donors (Lipinski definition) is 3. The zero-order chi connectivity index (χ0) is 36.3. The van der Waals surface area contributed by atoms with Gasteiger partial charge in [-0.15, -0.1) is 9.24 Å². The maximum absolute atomic E-state index is 14.0. The summed E-state index contributed by atoms with van der Waals surface area (Å²) in [5, 5.41) is 17.3. The number of aliphatic hydroxyl groups is 1. The molecule has 0 saturated carbocycles. The van der Waals surface area contributed by atoms with Gasteiger partial charge in [-0.3, -0.25) is 14.4 Å². The second kappa shape index (κ2) is 19.9. The third-order valence-electron chi connectivity index (χ3n) is 10.5. The van der Waals surface area contributed by atoms with Crippen molar-refractivity contribution in [3.63, 3.8) is 0 Å². The van der Waals surface area contributed by atoms with Crippen molar-refractivity contribution in [3.05, 3.63) is 35.4 Å². The topological polar surface area (TPSA) is 120 Å². The van der Waals surface area contributed by atoms with Gasteiger partial charge in [-0.1, -0.05) is 72.2 Å². The van der Waals surface area contributed by atoms with Crippen molar-refractivity contribution in [2.24, 2.45) is 17.8 Å². The molecule has 11 heteroatoms. The van der Waals surface area contributed by atoms with Crippen molar-refractivity contribution in [2.75, 3.05) is 41.0 Å². The largest absolute Gasteiger partial charge is 0.386 e. The van der Waals surface area contributed by atoms with E-state index in [0.717, 1.165) is 30.1 Å². The Morgan fingerprint density at radius 3 is 2.27 bits per heavy atom. The summed E-state index contributed by atoms with van der Waals surface area (Å²) in [7, 11) is 9.54. The van der Waals surface area contributed by atoms with Crippen molar-refractivity contribution < 1.29 is 29.0 Å². The summed E-state index contributed by atoms with van der Waals surface area (Å²) < 4.78 is 11.9. The number of carbonyl (C=O) groups is 3. The van der Waals surface area contributed by atoms with Gasteiger partial charge < -0.3 is 35.0 Å². The van der Waals surface area contributed by atoms with E-state index >= 15 is 0 Å². The molecule has 0 bridgehead atoms. The lowest BCUT2D eigenvalue weighted by molar-refractivity contribution is -0.147. The van der Waals surface area contributed by atoms with Crippen LogP contribution in [0, 0.1) is 17.8 Å². The third kappa shape index (κ3) is 10.5. The minimum absolute atomic E-state index is 0.0210. The second-order valence-electron chi connectivity index (χ2n) is 14.1. The number of benzene rings is 1. The molecule has 0 aliphatic carbocycles. The van der Waals surface area contributed by atoms with Crippen molar-refractivity contribution >= 4 is 27.0 Å². The molecular weight excluding hydrogens is 627 g/mol. The molecule has 1 aliphatic rings. The summed E-state index contributed by atoms with van der Waals surface area (Å²) in [6.45, 7) is 14.5. The highest BCUT2D eigenvalue weighted by Crippen LogP contribution is 2.30. The van der Waals surface area contributed by atoms with E-state index in [-0.39, 0.29) is 54.1 Å². The van der Waals surface area contributed by atoms with Gasteiger partial charge in [0, 0.05) is 27.8 Å². The van der Waals surface area contributed by atoms with Crippen molar-refractivity contribution in [1.29, 1.82) is 0 Å². The zero-order valence-corrected chi connectivity index (χ0v) is 32.5. The first-order valence-electron chi connectivity index (χ1n) is 17.8. The summed E-state index contributed by atoms with van der Waals surface area (Å²) in [5.41, 5.74) is 1.90. The highest BCUT2D eigenvalue weighted by molar-refractivity contribution is 7.16. The van der Waals surface area contributed by atoms with E-state index in [4.69, 9.17) is 9.47 Å². The fourth-order valence-electron chi connectivity index (χ4n) is 7.18. The van der Waals surface area contributed by atoms with E-state index in [0.29, 0.717) is 18.9 Å². The number of likely N-dealkylation sites (tertiary alicyclic amines) is 1. The average Bonchev–Trinajstić information content (AvgIpc) is 3.56. The standard InChI is InChI=1S/C37H65N4O6P/c1-12-23(4)33(40(9)37(45)32(38-8)22(2)3)30(46-10)20-31(42)41-18-14-17-29(41)35(47-11)25(6)36(44)39-26(7)34(43)28-16-13-15-27(19-28)24(5)21-48/h13,15-16,19,22-26,29-30,32-35,38,43H,12,14,17-18,20-21,48H2,1-11H3,(H,39,44)/t23-,24?,25+,26+,29-,30+,32-,33-,34+,35+/m0/s1. The van der Waals surface area contributed by atoms with Gasteiger partial charge in [0.1, 0.15) is 0 Å². The van der Waals surface area contributed by atoms with Gasteiger partial charge in [-0.25, -0.2) is 0 Å². The molecule has 11 atom stereocenters. The number of hydrogen-bond acceptors (Lipinski definition) is 7. The molecule has 0 aromatic heterocycles. The molecule has 2 unspecified atom stereocenters. The first-order chi connectivity index (χ1) is 22.7. The first-order valence-corrected chi connectivity index (χ1v) is 18.6. The Kier molecular flexibility index (Phi) is 17.5. The lowest BCUT2D eigenvalue weighted by atomic mass is 9.89. The van der Waals surface area contributed by atoms with Crippen molar-refractivity contribution in [3.8, 4) is 0 Å². The summed E-state index contributed by atoms with van der Waals surface area (Å²) in [4.78, 5) is 44.7. The maximum atomic E-state index is 14.0. The lowest BCUT2D eigenvalue weighted by Gasteiger charge is -2.40. The fourth-order valence-corrected chi connectivity index (χ4v) is 7.45. The average molecular weight is 693 g/mol. The van der Waals surface area contributed by atoms with E-state index in [1.807, 2.05) is 50.9 Å². The number of methoxy groups -OCH3 is 2. The maximum Gasteiger partial charge on any atom is 0.240 e. The van der Waals surface area contributed by atoms with Crippen molar-refractivity contribution in [2.45, 2.75) is 123 Å². The molecule has 0 radical (unpaired) electrons. The molecule has 2 rings (SSSR count). The molecule has 1 heterocycles. The van der Waals surface area contributed by atoms with Crippen LogP contribution in [0.3, 0.4) is 0 Å². The Morgan fingerprint density at radius 2 is 1.73 bits per heavy atom. The number of aliphatic hydroxyl groups excluding tert-OH is 1. The van der Waals surface area contributed by atoms with Crippen LogP contribution in [0.2, 0.25) is 0 Å². The van der Waals surface area contributed by atoms with Crippen LogP contribution in [0.5, 0.6) is 0 Å². The third-order valence-corrected chi connectivity index (χ3v) is 11.2. The number of nitrogens with one attached hydrogen (secondary N) is 2. The Labute approximate surface area is 292 Å². The Bertz CT molecular complexity index is 1170. The lowest BCUT2D eigenvalue weighted by Crippen LogP contribution is -2.56. The molecule has 274 valence electrons. The molecule has 0 spiro atoms. The minimum atomic E-state index is -0.873. The zero-order valence-electron chi connectivity index (χ0n) is 31.4.